The molecule has 1 aliphatic heterocycles. The number of carbonyl (C=O) groups excluding carboxylic acids is 1. The predicted molar refractivity (Wildman–Crippen MR) is 99.5 cm³/mol. The monoisotopic (exact) mass is 355 g/mol. The van der Waals surface area contributed by atoms with E-state index in [0.717, 1.165) is 17.5 Å². The van der Waals surface area contributed by atoms with E-state index in [4.69, 9.17) is 4.74 Å². The molecule has 0 aliphatic carbocycles. The highest BCUT2D eigenvalue weighted by Gasteiger charge is 2.31. The van der Waals surface area contributed by atoms with Gasteiger partial charge >= 0.3 is 0 Å². The van der Waals surface area contributed by atoms with Gasteiger partial charge in [-0.05, 0) is 36.1 Å². The molecule has 138 valence electrons. The van der Waals surface area contributed by atoms with Gasteiger partial charge < -0.3 is 15.2 Å². The van der Waals surface area contributed by atoms with E-state index in [1.807, 2.05) is 42.5 Å². The average Bonchev–Trinajstić information content (AvgIpc) is 3.14. The van der Waals surface area contributed by atoms with Crippen LogP contribution in [0.15, 0.2) is 54.6 Å². The molecule has 2 unspecified atom stereocenters. The lowest BCUT2D eigenvalue weighted by atomic mass is 10.0. The smallest absolute Gasteiger partial charge is 0.238 e. The molecule has 0 radical (unpaired) electrons. The predicted octanol–water partition coefficient (Wildman–Crippen LogP) is 1.67. The number of amides is 1. The van der Waals surface area contributed by atoms with Gasteiger partial charge in [0.2, 0.25) is 5.91 Å². The zero-order valence-corrected chi connectivity index (χ0v) is 14.8. The van der Waals surface area contributed by atoms with E-state index >= 15 is 0 Å². The van der Waals surface area contributed by atoms with E-state index in [9.17, 15) is 9.90 Å². The van der Waals surface area contributed by atoms with Crippen LogP contribution >= 0.6 is 0 Å². The van der Waals surface area contributed by atoms with E-state index in [2.05, 4.69) is 16.2 Å². The number of phenols is 1. The number of aromatic hydroxyl groups is 1. The Bertz CT molecular complexity index is 706. The molecule has 0 spiro atoms. The van der Waals surface area contributed by atoms with Crippen molar-refractivity contribution in [2.45, 2.75) is 31.0 Å². The Morgan fingerprint density at radius 3 is 2.62 bits per heavy atom. The summed E-state index contributed by atoms with van der Waals surface area (Å²) >= 11 is 0. The fourth-order valence-electron chi connectivity index (χ4n) is 3.21. The minimum Gasteiger partial charge on any atom is -0.508 e. The van der Waals surface area contributed by atoms with Crippen molar-refractivity contribution in [3.63, 3.8) is 0 Å². The highest BCUT2D eigenvalue weighted by atomic mass is 16.5. The van der Waals surface area contributed by atoms with Crippen molar-refractivity contribution in [3.05, 3.63) is 65.7 Å². The number of ether oxygens (including phenoxy) is 1. The first-order valence-corrected chi connectivity index (χ1v) is 8.79. The van der Waals surface area contributed by atoms with Crippen LogP contribution in [0.2, 0.25) is 0 Å². The second-order valence-electron chi connectivity index (χ2n) is 6.57. The van der Waals surface area contributed by atoms with Gasteiger partial charge in [0.05, 0.1) is 12.6 Å². The van der Waals surface area contributed by atoms with Crippen molar-refractivity contribution in [2.24, 2.45) is 0 Å². The third-order valence-corrected chi connectivity index (χ3v) is 4.55. The summed E-state index contributed by atoms with van der Waals surface area (Å²) in [6, 6.07) is 16.7. The van der Waals surface area contributed by atoms with Crippen molar-refractivity contribution >= 4 is 5.91 Å². The molecule has 6 nitrogen and oxygen atoms in total. The van der Waals surface area contributed by atoms with Gasteiger partial charge in [0.15, 0.2) is 0 Å². The second-order valence-corrected chi connectivity index (χ2v) is 6.57. The van der Waals surface area contributed by atoms with Crippen molar-refractivity contribution in [3.8, 4) is 5.75 Å². The van der Waals surface area contributed by atoms with E-state index in [1.54, 1.807) is 19.2 Å². The van der Waals surface area contributed by atoms with Crippen LogP contribution in [-0.4, -0.2) is 36.8 Å². The first-order valence-electron chi connectivity index (χ1n) is 8.79. The van der Waals surface area contributed by atoms with Gasteiger partial charge in [0.25, 0.3) is 0 Å². The lowest BCUT2D eigenvalue weighted by Gasteiger charge is -2.20. The highest BCUT2D eigenvalue weighted by Crippen LogP contribution is 2.24. The molecule has 1 amide bonds. The molecular formula is C20H25N3O3. The molecule has 1 aliphatic rings. The molecule has 2 aromatic carbocycles. The number of hydrazine groups is 1. The summed E-state index contributed by atoms with van der Waals surface area (Å²) in [4.78, 5) is 12.6. The molecular weight excluding hydrogens is 330 g/mol. The number of benzene rings is 2. The van der Waals surface area contributed by atoms with Crippen molar-refractivity contribution in [1.82, 2.24) is 16.2 Å². The first kappa shape index (κ1) is 18.4. The fraction of sp³-hybridized carbons (Fsp3) is 0.350. The summed E-state index contributed by atoms with van der Waals surface area (Å²) in [5.41, 5.74) is 8.41. The van der Waals surface area contributed by atoms with E-state index < -0.39 is 0 Å². The van der Waals surface area contributed by atoms with Crippen LogP contribution in [0.4, 0.5) is 0 Å². The Morgan fingerprint density at radius 1 is 1.19 bits per heavy atom. The molecule has 0 bridgehead atoms. The lowest BCUT2D eigenvalue weighted by molar-refractivity contribution is -0.124. The van der Waals surface area contributed by atoms with Crippen LogP contribution < -0.4 is 16.2 Å². The molecule has 1 fully saturated rings. The zero-order valence-electron chi connectivity index (χ0n) is 14.8. The van der Waals surface area contributed by atoms with E-state index in [1.165, 1.54) is 0 Å². The number of nitrogens with one attached hydrogen (secondary N) is 3. The standard InChI is InChI=1S/C20H25N3O3/c1-26-13-16(11-14-5-3-2-4-6-14)21-20(25)19-12-18(22-23-19)15-7-9-17(24)10-8-15/h2-10,16,18-19,22-24H,11-13H2,1H3,(H,21,25)/t16-,18?,19?/m0/s1. The fourth-order valence-corrected chi connectivity index (χ4v) is 3.21. The van der Waals surface area contributed by atoms with Gasteiger partial charge in [-0.15, -0.1) is 0 Å². The Kier molecular flexibility index (Phi) is 6.22. The molecule has 3 rings (SSSR count). The van der Waals surface area contributed by atoms with Crippen molar-refractivity contribution in [2.75, 3.05) is 13.7 Å². The topological polar surface area (TPSA) is 82.6 Å². The minimum atomic E-state index is -0.316. The van der Waals surface area contributed by atoms with E-state index in [-0.39, 0.29) is 29.8 Å². The third kappa shape index (κ3) is 4.82. The van der Waals surface area contributed by atoms with Crippen molar-refractivity contribution in [1.29, 1.82) is 0 Å². The van der Waals surface area contributed by atoms with Crippen LogP contribution in [0, 0.1) is 0 Å². The summed E-state index contributed by atoms with van der Waals surface area (Å²) in [6.45, 7) is 0.460. The van der Waals surface area contributed by atoms with Gasteiger partial charge in [0.1, 0.15) is 11.8 Å². The average molecular weight is 355 g/mol. The van der Waals surface area contributed by atoms with Gasteiger partial charge in [-0.1, -0.05) is 42.5 Å². The zero-order chi connectivity index (χ0) is 18.4. The van der Waals surface area contributed by atoms with Crippen LogP contribution in [0.1, 0.15) is 23.6 Å². The summed E-state index contributed by atoms with van der Waals surface area (Å²) in [5.74, 6) is 0.189. The molecule has 0 saturated carbocycles. The van der Waals surface area contributed by atoms with Crippen LogP contribution in [0.3, 0.4) is 0 Å². The summed E-state index contributed by atoms with van der Waals surface area (Å²) in [6.07, 6.45) is 1.36. The number of hydrogen-bond donors (Lipinski definition) is 4. The first-order chi connectivity index (χ1) is 12.7. The molecule has 26 heavy (non-hydrogen) atoms. The van der Waals surface area contributed by atoms with Crippen LogP contribution in [-0.2, 0) is 16.0 Å². The largest absolute Gasteiger partial charge is 0.508 e. The Morgan fingerprint density at radius 2 is 1.92 bits per heavy atom. The van der Waals surface area contributed by atoms with E-state index in [0.29, 0.717) is 13.0 Å². The number of rotatable bonds is 7. The van der Waals surface area contributed by atoms with Gasteiger partial charge in [0, 0.05) is 13.2 Å². The molecule has 1 saturated heterocycles. The van der Waals surface area contributed by atoms with Gasteiger partial charge in [-0.25, -0.2) is 10.9 Å². The molecule has 0 aromatic heterocycles. The number of hydrogen-bond acceptors (Lipinski definition) is 5. The number of methoxy groups -OCH3 is 1. The number of phenolic OH excluding ortho intramolecular Hbond substituents is 1. The quantitative estimate of drug-likeness (QED) is 0.607. The minimum absolute atomic E-state index is 0.0290. The molecule has 4 N–H and O–H groups in total. The Labute approximate surface area is 153 Å². The molecule has 3 atom stereocenters. The molecule has 1 heterocycles. The second kappa shape index (κ2) is 8.80. The van der Waals surface area contributed by atoms with Crippen molar-refractivity contribution < 1.29 is 14.6 Å². The SMILES string of the molecule is COC[C@H](Cc1ccccc1)NC(=O)C1CC(c2ccc(O)cc2)NN1. The van der Waals surface area contributed by atoms with Gasteiger partial charge in [-0.3, -0.25) is 4.79 Å². The van der Waals surface area contributed by atoms with Gasteiger partial charge in [-0.2, -0.15) is 0 Å². The normalized spacial score (nSPS) is 20.7. The van der Waals surface area contributed by atoms with Crippen LogP contribution in [0.25, 0.3) is 0 Å². The third-order valence-electron chi connectivity index (χ3n) is 4.55. The maximum Gasteiger partial charge on any atom is 0.238 e. The highest BCUT2D eigenvalue weighted by molar-refractivity contribution is 5.82. The van der Waals surface area contributed by atoms with Crippen LogP contribution in [0.5, 0.6) is 5.75 Å². The Hall–Kier alpha value is -2.41. The lowest BCUT2D eigenvalue weighted by Crippen LogP contribution is -2.48. The Balaban J connectivity index is 1.56. The summed E-state index contributed by atoms with van der Waals surface area (Å²) in [5, 5.41) is 12.5. The maximum absolute atomic E-state index is 12.6. The maximum atomic E-state index is 12.6. The molecule has 6 heteroatoms. The molecule has 2 aromatic rings. The summed E-state index contributed by atoms with van der Waals surface area (Å²) in [7, 11) is 1.64. The number of carbonyl (C=O) groups is 1. The summed E-state index contributed by atoms with van der Waals surface area (Å²) < 4.78 is 5.27.